The van der Waals surface area contributed by atoms with Crippen molar-refractivity contribution in [2.24, 2.45) is 5.92 Å². The van der Waals surface area contributed by atoms with Crippen LogP contribution in [-0.2, 0) is 17.8 Å². The van der Waals surface area contributed by atoms with E-state index >= 15 is 0 Å². The van der Waals surface area contributed by atoms with E-state index in [-0.39, 0.29) is 0 Å². The van der Waals surface area contributed by atoms with E-state index in [4.69, 9.17) is 4.74 Å². The topological polar surface area (TPSA) is 12.5 Å². The van der Waals surface area contributed by atoms with Crippen LogP contribution < -0.4 is 0 Å². The zero-order valence-corrected chi connectivity index (χ0v) is 13.3. The lowest BCUT2D eigenvalue weighted by molar-refractivity contribution is 0.0216. The quantitative estimate of drug-likeness (QED) is 0.762. The van der Waals surface area contributed by atoms with Gasteiger partial charge in [0, 0.05) is 32.8 Å². The maximum Gasteiger partial charge on any atom is 0.0491 e. The number of methoxy groups -OCH3 is 1. The minimum atomic E-state index is 0.681. The Morgan fingerprint density at radius 1 is 0.864 bits per heavy atom. The van der Waals surface area contributed by atoms with Crippen LogP contribution in [-0.4, -0.2) is 24.7 Å². The highest BCUT2D eigenvalue weighted by molar-refractivity contribution is 5.17. The molecule has 0 unspecified atom stereocenters. The first-order valence-electron chi connectivity index (χ1n) is 8.16. The Labute approximate surface area is 133 Å². The molecule has 0 aromatic heterocycles. The molecule has 2 heteroatoms. The Kier molecular flexibility index (Phi) is 5.25. The standard InChI is InChI=1S/C20H25NO/c1-22-16-19-12-20(13-19)21(14-17-8-4-2-5-9-17)15-18-10-6-3-7-11-18/h2-11,19-20H,12-16H2,1H3. The molecule has 116 valence electrons. The summed E-state index contributed by atoms with van der Waals surface area (Å²) in [5.74, 6) is 0.740. The maximum atomic E-state index is 5.29. The predicted molar refractivity (Wildman–Crippen MR) is 90.5 cm³/mol. The number of ether oxygens (including phenoxy) is 1. The van der Waals surface area contributed by atoms with Gasteiger partial charge in [0.2, 0.25) is 0 Å². The lowest BCUT2D eigenvalue weighted by atomic mass is 9.79. The van der Waals surface area contributed by atoms with E-state index in [0.29, 0.717) is 6.04 Å². The molecule has 0 bridgehead atoms. The smallest absolute Gasteiger partial charge is 0.0491 e. The Morgan fingerprint density at radius 3 is 1.82 bits per heavy atom. The van der Waals surface area contributed by atoms with Crippen molar-refractivity contribution in [3.63, 3.8) is 0 Å². The first kappa shape index (κ1) is 15.3. The van der Waals surface area contributed by atoms with E-state index < -0.39 is 0 Å². The summed E-state index contributed by atoms with van der Waals surface area (Å²) in [6, 6.07) is 22.3. The normalized spacial score (nSPS) is 20.8. The molecule has 0 N–H and O–H groups in total. The highest BCUT2D eigenvalue weighted by Gasteiger charge is 2.33. The number of nitrogens with zero attached hydrogens (tertiary/aromatic N) is 1. The van der Waals surface area contributed by atoms with Crippen LogP contribution in [0.3, 0.4) is 0 Å². The highest BCUT2D eigenvalue weighted by Crippen LogP contribution is 2.33. The van der Waals surface area contributed by atoms with Crippen molar-refractivity contribution >= 4 is 0 Å². The Balaban J connectivity index is 1.66. The molecule has 0 radical (unpaired) electrons. The molecule has 1 fully saturated rings. The average molecular weight is 295 g/mol. The van der Waals surface area contributed by atoms with Gasteiger partial charge in [-0.15, -0.1) is 0 Å². The number of benzene rings is 2. The lowest BCUT2D eigenvalue weighted by Crippen LogP contribution is -2.45. The second-order valence-electron chi connectivity index (χ2n) is 6.32. The van der Waals surface area contributed by atoms with E-state index in [1.54, 1.807) is 7.11 Å². The van der Waals surface area contributed by atoms with Crippen molar-refractivity contribution in [1.82, 2.24) is 4.90 Å². The average Bonchev–Trinajstić information content (AvgIpc) is 2.52. The number of rotatable bonds is 7. The first-order chi connectivity index (χ1) is 10.8. The zero-order chi connectivity index (χ0) is 15.2. The van der Waals surface area contributed by atoms with Crippen LogP contribution in [0.1, 0.15) is 24.0 Å². The molecule has 1 aliphatic carbocycles. The van der Waals surface area contributed by atoms with Crippen LogP contribution in [0, 0.1) is 5.92 Å². The summed E-state index contributed by atoms with van der Waals surface area (Å²) in [4.78, 5) is 2.62. The second-order valence-corrected chi connectivity index (χ2v) is 6.32. The Hall–Kier alpha value is -1.64. The van der Waals surface area contributed by atoms with Crippen molar-refractivity contribution in [1.29, 1.82) is 0 Å². The Bertz CT molecular complexity index is 507. The SMILES string of the molecule is COCC1CC(N(Cc2ccccc2)Cc2ccccc2)C1. The van der Waals surface area contributed by atoms with Crippen molar-refractivity contribution in [3.05, 3.63) is 71.8 Å². The van der Waals surface area contributed by atoms with E-state index in [0.717, 1.165) is 25.6 Å². The fourth-order valence-corrected chi connectivity index (χ4v) is 3.32. The van der Waals surface area contributed by atoms with Crippen molar-refractivity contribution in [2.75, 3.05) is 13.7 Å². The van der Waals surface area contributed by atoms with Crippen LogP contribution >= 0.6 is 0 Å². The van der Waals surface area contributed by atoms with Gasteiger partial charge >= 0.3 is 0 Å². The molecular weight excluding hydrogens is 270 g/mol. The molecule has 1 aliphatic rings. The van der Waals surface area contributed by atoms with Crippen LogP contribution in [0.4, 0.5) is 0 Å². The summed E-state index contributed by atoms with van der Waals surface area (Å²) < 4.78 is 5.29. The molecule has 2 nitrogen and oxygen atoms in total. The van der Waals surface area contributed by atoms with Crippen molar-refractivity contribution in [2.45, 2.75) is 32.0 Å². The second kappa shape index (κ2) is 7.57. The highest BCUT2D eigenvalue weighted by atomic mass is 16.5. The van der Waals surface area contributed by atoms with Gasteiger partial charge in [-0.1, -0.05) is 60.7 Å². The van der Waals surface area contributed by atoms with Gasteiger partial charge in [-0.25, -0.2) is 0 Å². The van der Waals surface area contributed by atoms with E-state index in [1.807, 2.05) is 0 Å². The third kappa shape index (κ3) is 3.96. The predicted octanol–water partition coefficient (Wildman–Crippen LogP) is 4.11. The van der Waals surface area contributed by atoms with Crippen LogP contribution in [0.25, 0.3) is 0 Å². The summed E-state index contributed by atoms with van der Waals surface area (Å²) in [5.41, 5.74) is 2.79. The molecule has 1 saturated carbocycles. The minimum Gasteiger partial charge on any atom is -0.384 e. The van der Waals surface area contributed by atoms with E-state index in [9.17, 15) is 0 Å². The number of hydrogen-bond acceptors (Lipinski definition) is 2. The first-order valence-corrected chi connectivity index (χ1v) is 8.16. The summed E-state index contributed by atoms with van der Waals surface area (Å²) in [5, 5.41) is 0. The lowest BCUT2D eigenvalue weighted by Gasteiger charge is -2.43. The molecule has 2 aromatic carbocycles. The van der Waals surface area contributed by atoms with E-state index in [1.165, 1.54) is 24.0 Å². The maximum absolute atomic E-state index is 5.29. The van der Waals surface area contributed by atoms with Crippen LogP contribution in [0.5, 0.6) is 0 Å². The zero-order valence-electron chi connectivity index (χ0n) is 13.3. The summed E-state index contributed by atoms with van der Waals surface area (Å²) >= 11 is 0. The van der Waals surface area contributed by atoms with Crippen molar-refractivity contribution < 1.29 is 4.74 Å². The van der Waals surface area contributed by atoms with Crippen molar-refractivity contribution in [3.8, 4) is 0 Å². The van der Waals surface area contributed by atoms with Gasteiger partial charge in [0.25, 0.3) is 0 Å². The Morgan fingerprint density at radius 2 is 1.36 bits per heavy atom. The monoisotopic (exact) mass is 295 g/mol. The van der Waals surface area contributed by atoms with Gasteiger partial charge in [0.05, 0.1) is 0 Å². The molecule has 2 aromatic rings. The van der Waals surface area contributed by atoms with E-state index in [2.05, 4.69) is 65.6 Å². The fourth-order valence-electron chi connectivity index (χ4n) is 3.32. The fraction of sp³-hybridized carbons (Fsp3) is 0.400. The van der Waals surface area contributed by atoms with Gasteiger partial charge < -0.3 is 4.74 Å². The van der Waals surface area contributed by atoms with Crippen LogP contribution in [0.2, 0.25) is 0 Å². The molecule has 3 rings (SSSR count). The van der Waals surface area contributed by atoms with Gasteiger partial charge in [-0.3, -0.25) is 4.90 Å². The largest absolute Gasteiger partial charge is 0.384 e. The third-order valence-corrected chi connectivity index (χ3v) is 4.59. The summed E-state index contributed by atoms with van der Waals surface area (Å²) in [6.45, 7) is 2.96. The molecule has 22 heavy (non-hydrogen) atoms. The van der Waals surface area contributed by atoms with Gasteiger partial charge in [-0.2, -0.15) is 0 Å². The minimum absolute atomic E-state index is 0.681. The molecule has 0 heterocycles. The molecule has 0 aliphatic heterocycles. The van der Waals surface area contributed by atoms with Gasteiger partial charge in [-0.05, 0) is 29.9 Å². The summed E-state index contributed by atoms with van der Waals surface area (Å²) in [6.07, 6.45) is 2.51. The molecule has 0 atom stereocenters. The van der Waals surface area contributed by atoms with Gasteiger partial charge in [0.15, 0.2) is 0 Å². The third-order valence-electron chi connectivity index (χ3n) is 4.59. The molecule has 0 saturated heterocycles. The summed E-state index contributed by atoms with van der Waals surface area (Å²) in [7, 11) is 1.80. The van der Waals surface area contributed by atoms with Crippen LogP contribution in [0.15, 0.2) is 60.7 Å². The molecular formula is C20H25NO. The number of hydrogen-bond donors (Lipinski definition) is 0. The molecule has 0 spiro atoms. The molecule has 0 amide bonds. The van der Waals surface area contributed by atoms with Gasteiger partial charge in [0.1, 0.15) is 0 Å².